The predicted octanol–water partition coefficient (Wildman–Crippen LogP) is 12.6. The third-order valence-corrected chi connectivity index (χ3v) is 14.1. The summed E-state index contributed by atoms with van der Waals surface area (Å²) in [5.74, 6) is -6.87. The second-order valence-corrected chi connectivity index (χ2v) is 19.0. The van der Waals surface area contributed by atoms with Gasteiger partial charge in [0.25, 0.3) is 0 Å². The van der Waals surface area contributed by atoms with E-state index >= 15 is 0 Å². The van der Waals surface area contributed by atoms with Gasteiger partial charge in [0.1, 0.15) is 0 Å². The average Bonchev–Trinajstić information content (AvgIpc) is 3.33. The van der Waals surface area contributed by atoms with Gasteiger partial charge in [0.05, 0.1) is 13.2 Å². The lowest BCUT2D eigenvalue weighted by Gasteiger charge is -2.36. The molecule has 0 aromatic heterocycles. The third-order valence-electron chi connectivity index (χ3n) is 14.1. The Morgan fingerprint density at radius 1 is 0.485 bits per heavy atom. The Morgan fingerprint density at radius 3 is 1.10 bits per heavy atom. The number of rotatable bonds is 30. The number of carboxylic acid groups (broad SMARTS) is 2. The molecule has 0 radical (unpaired) electrons. The summed E-state index contributed by atoms with van der Waals surface area (Å²) < 4.78 is 68.7. The fourth-order valence-electron chi connectivity index (χ4n) is 9.50. The van der Waals surface area contributed by atoms with E-state index in [1.807, 2.05) is 0 Å². The van der Waals surface area contributed by atoms with Gasteiger partial charge in [0.15, 0.2) is 34.1 Å². The largest absolute Gasteiger partial charge is 0.480 e. The molecule has 14 heteroatoms. The molecule has 0 amide bonds. The zero-order chi connectivity index (χ0) is 50.0. The summed E-state index contributed by atoms with van der Waals surface area (Å²) in [6.45, 7) is 8.52. The van der Waals surface area contributed by atoms with Gasteiger partial charge in [-0.1, -0.05) is 128 Å². The van der Waals surface area contributed by atoms with E-state index in [-0.39, 0.29) is 56.8 Å². The maximum absolute atomic E-state index is 14.7. The summed E-state index contributed by atoms with van der Waals surface area (Å²) in [4.78, 5) is 47.9. The fraction of sp³-hybridized carbons (Fsp3) is 0.704. The van der Waals surface area contributed by atoms with Gasteiger partial charge in [-0.2, -0.15) is 0 Å². The number of hydrogen-bond acceptors (Lipinski definition) is 8. The molecule has 10 nitrogen and oxygen atoms in total. The fourth-order valence-corrected chi connectivity index (χ4v) is 9.50. The zero-order valence-corrected chi connectivity index (χ0v) is 41.5. The van der Waals surface area contributed by atoms with E-state index in [2.05, 4.69) is 24.5 Å². The van der Waals surface area contributed by atoms with E-state index in [4.69, 9.17) is 9.47 Å². The highest BCUT2D eigenvalue weighted by molar-refractivity contribution is 6.00. The van der Waals surface area contributed by atoms with Crippen LogP contribution >= 0.6 is 0 Å². The van der Waals surface area contributed by atoms with Gasteiger partial charge in [-0.15, -0.1) is 0 Å². The quantitative estimate of drug-likeness (QED) is 0.0258. The summed E-state index contributed by atoms with van der Waals surface area (Å²) in [6, 6.07) is 6.48. The molecule has 0 aliphatic heterocycles. The summed E-state index contributed by atoms with van der Waals surface area (Å²) in [5.41, 5.74) is -1.66. The van der Waals surface area contributed by atoms with Gasteiger partial charge in [-0.05, 0) is 102 Å². The number of carbonyl (C=O) groups excluding carboxylic acids is 2. The van der Waals surface area contributed by atoms with Crippen molar-refractivity contribution in [3.63, 3.8) is 0 Å². The first-order chi connectivity index (χ1) is 32.7. The molecule has 68 heavy (non-hydrogen) atoms. The Balaban J connectivity index is 0.000000363. The molecule has 4 N–H and O–H groups in total. The number of halogens is 4. The van der Waals surface area contributed by atoms with Crippen LogP contribution < -0.4 is 10.6 Å². The smallest absolute Gasteiger partial charge is 0.323 e. The molecule has 0 heterocycles. The van der Waals surface area contributed by atoms with Crippen LogP contribution in [-0.4, -0.2) is 59.4 Å². The van der Waals surface area contributed by atoms with Crippen LogP contribution in [0.15, 0.2) is 24.3 Å². The Morgan fingerprint density at radius 2 is 0.779 bits per heavy atom. The van der Waals surface area contributed by atoms with Crippen LogP contribution in [0.4, 0.5) is 17.6 Å². The van der Waals surface area contributed by atoms with Crippen molar-refractivity contribution in [1.82, 2.24) is 10.6 Å². The predicted molar refractivity (Wildman–Crippen MR) is 257 cm³/mol. The minimum absolute atomic E-state index is 0.0126. The van der Waals surface area contributed by atoms with Gasteiger partial charge < -0.3 is 30.3 Å². The molecule has 2 saturated carbocycles. The van der Waals surface area contributed by atoms with Crippen LogP contribution in [0, 0.1) is 34.1 Å². The van der Waals surface area contributed by atoms with E-state index < -0.39 is 58.0 Å². The first-order valence-electron chi connectivity index (χ1n) is 25.9. The normalized spacial score (nSPS) is 15.9. The maximum Gasteiger partial charge on any atom is 0.323 e. The number of esters is 2. The molecule has 2 aliphatic carbocycles. The number of unbranched alkanes of at least 4 members (excludes halogenated alkanes) is 14. The summed E-state index contributed by atoms with van der Waals surface area (Å²) in [5, 5.41) is 25.0. The Hall–Kier alpha value is -4.04. The van der Waals surface area contributed by atoms with E-state index in [0.29, 0.717) is 68.1 Å². The van der Waals surface area contributed by atoms with E-state index in [1.165, 1.54) is 64.2 Å². The molecule has 0 saturated heterocycles. The molecule has 0 spiro atoms. The maximum atomic E-state index is 14.7. The Bertz CT molecular complexity index is 1810. The van der Waals surface area contributed by atoms with Crippen molar-refractivity contribution in [3.05, 3.63) is 69.8 Å². The van der Waals surface area contributed by atoms with Crippen molar-refractivity contribution < 1.29 is 56.4 Å². The van der Waals surface area contributed by atoms with Gasteiger partial charge in [-0.25, -0.2) is 17.6 Å². The van der Waals surface area contributed by atoms with Gasteiger partial charge in [0.2, 0.25) is 0 Å². The van der Waals surface area contributed by atoms with Crippen molar-refractivity contribution >= 4 is 23.9 Å². The first kappa shape index (κ1) is 58.3. The topological polar surface area (TPSA) is 151 Å². The van der Waals surface area contributed by atoms with Crippen molar-refractivity contribution in [2.75, 3.05) is 13.2 Å². The number of ether oxygens (including phenoxy) is 2. The van der Waals surface area contributed by atoms with Gasteiger partial charge in [0, 0.05) is 36.3 Å². The number of nitrogens with one attached hydrogen (secondary N) is 2. The molecule has 0 bridgehead atoms. The van der Waals surface area contributed by atoms with Crippen molar-refractivity contribution in [1.29, 1.82) is 0 Å². The van der Waals surface area contributed by atoms with Gasteiger partial charge in [-0.3, -0.25) is 19.2 Å². The van der Waals surface area contributed by atoms with Crippen LogP contribution in [-0.2, 0) is 54.6 Å². The number of carboxylic acids is 2. The highest BCUT2D eigenvalue weighted by Crippen LogP contribution is 2.40. The molecule has 384 valence electrons. The number of aliphatic carboxylic acids is 2. The molecule has 0 atom stereocenters. The Kier molecular flexibility index (Phi) is 26.8. The lowest BCUT2D eigenvalue weighted by molar-refractivity contribution is -0.175. The molecule has 2 aromatic rings. The summed E-state index contributed by atoms with van der Waals surface area (Å²) in [7, 11) is 0. The van der Waals surface area contributed by atoms with Crippen LogP contribution in [0.3, 0.4) is 0 Å². The molecule has 2 aliphatic rings. The Labute approximate surface area is 403 Å². The zero-order valence-electron chi connectivity index (χ0n) is 41.5. The molecule has 2 aromatic carbocycles. The van der Waals surface area contributed by atoms with E-state index in [0.717, 1.165) is 38.5 Å². The molecular weight excluding hydrogens is 881 g/mol. The van der Waals surface area contributed by atoms with Crippen molar-refractivity contribution in [2.45, 2.75) is 220 Å². The molecule has 0 unspecified atom stereocenters. The first-order valence-corrected chi connectivity index (χ1v) is 25.9. The number of hydrogen-bond donors (Lipinski definition) is 4. The lowest BCUT2D eigenvalue weighted by Crippen LogP contribution is -2.47. The molecule has 4 rings (SSSR count). The van der Waals surface area contributed by atoms with E-state index in [9.17, 15) is 47.0 Å². The molecule has 2 fully saturated rings. The lowest BCUT2D eigenvalue weighted by atomic mass is 9.72. The number of benzene rings is 2. The highest BCUT2D eigenvalue weighted by atomic mass is 19.2. The summed E-state index contributed by atoms with van der Waals surface area (Å²) in [6.07, 6.45) is 22.1. The molecular formula is C54H82F4N2O8. The average molecular weight is 963 g/mol. The van der Waals surface area contributed by atoms with Crippen LogP contribution in [0.1, 0.15) is 204 Å². The minimum atomic E-state index is -1.74. The second kappa shape index (κ2) is 31.2. The van der Waals surface area contributed by atoms with Crippen LogP contribution in [0.5, 0.6) is 0 Å². The van der Waals surface area contributed by atoms with E-state index in [1.54, 1.807) is 38.1 Å². The van der Waals surface area contributed by atoms with Crippen LogP contribution in [0.2, 0.25) is 0 Å². The SMILES string of the molecule is CCCCCCCCCCc1ccc(CNC2CCC(C(=O)O)(C(=O)O)CC2)c(F)c1F.CCCCCCCCCCc1ccc(CNC2CCC(C(=O)OCC)(C(=O)OCC)CC2)c(F)c1F. The van der Waals surface area contributed by atoms with Gasteiger partial charge >= 0.3 is 23.9 Å². The monoisotopic (exact) mass is 963 g/mol. The van der Waals surface area contributed by atoms with Crippen molar-refractivity contribution in [3.8, 4) is 0 Å². The minimum Gasteiger partial charge on any atom is -0.480 e. The van der Waals surface area contributed by atoms with Crippen molar-refractivity contribution in [2.24, 2.45) is 10.8 Å². The number of aryl methyl sites for hydroxylation is 2. The third kappa shape index (κ3) is 17.7. The summed E-state index contributed by atoms with van der Waals surface area (Å²) >= 11 is 0. The second-order valence-electron chi connectivity index (χ2n) is 19.0. The number of carbonyl (C=O) groups is 4. The standard InChI is InChI=1S/C29H45F2NO4.C25H37F2NO4/c1-4-7-8-9-10-11-12-13-14-22-15-16-23(26(31)25(22)30)21-32-24-17-19-29(20-18-24,27(33)35-5-2)28(34)36-6-3;1-2-3-4-5-6-7-8-9-10-18-11-12-19(22(27)21(18)26)17-28-20-13-15-25(16-14-20,23(29)30)24(31)32/h15-16,24,32H,4-14,17-21H2,1-3H3;11-12,20,28H,2-10,13-17H2,1H3,(H,29,30)(H,31,32). The van der Waals surface area contributed by atoms with Crippen LogP contribution in [0.25, 0.3) is 0 Å². The highest BCUT2D eigenvalue weighted by Gasteiger charge is 2.51.